The molecule has 7 nitrogen and oxygen atoms in total. The second kappa shape index (κ2) is 7.53. The van der Waals surface area contributed by atoms with Gasteiger partial charge in [0.15, 0.2) is 0 Å². The molecule has 0 atom stereocenters. The minimum Gasteiger partial charge on any atom is -0.457 e. The van der Waals surface area contributed by atoms with E-state index in [0.717, 1.165) is 17.4 Å². The first-order valence-corrected chi connectivity index (χ1v) is 9.09. The molecule has 28 heavy (non-hydrogen) atoms. The molecule has 1 aliphatic heterocycles. The van der Waals surface area contributed by atoms with Crippen LogP contribution in [0.1, 0.15) is 5.76 Å². The maximum atomic E-state index is 11.8. The minimum atomic E-state index is -0.450. The van der Waals surface area contributed by atoms with Crippen LogP contribution < -0.4 is 5.32 Å². The van der Waals surface area contributed by atoms with Crippen molar-refractivity contribution in [1.29, 1.82) is 0 Å². The largest absolute Gasteiger partial charge is 0.457 e. The van der Waals surface area contributed by atoms with Gasteiger partial charge in [0, 0.05) is 17.7 Å². The van der Waals surface area contributed by atoms with Crippen molar-refractivity contribution in [3.63, 3.8) is 0 Å². The van der Waals surface area contributed by atoms with Crippen LogP contribution in [0.25, 0.3) is 17.4 Å². The molecule has 0 bridgehead atoms. The summed E-state index contributed by atoms with van der Waals surface area (Å²) in [6, 6.07) is 19.0. The van der Waals surface area contributed by atoms with Gasteiger partial charge in [-0.3, -0.25) is 14.9 Å². The molecule has 0 radical (unpaired) electrons. The van der Waals surface area contributed by atoms with E-state index in [-0.39, 0.29) is 10.9 Å². The molecule has 0 spiro atoms. The highest BCUT2D eigenvalue weighted by Crippen LogP contribution is 2.31. The Hall–Kier alpha value is -3.65. The van der Waals surface area contributed by atoms with Crippen molar-refractivity contribution in [2.24, 2.45) is 4.99 Å². The second-order valence-corrected chi connectivity index (χ2v) is 6.84. The van der Waals surface area contributed by atoms with Crippen LogP contribution in [0.4, 0.5) is 16.2 Å². The van der Waals surface area contributed by atoms with Crippen molar-refractivity contribution in [3.05, 3.63) is 87.5 Å². The molecular formula is C20H13N3O4S. The Labute approximate surface area is 163 Å². The number of nitrogens with one attached hydrogen (secondary N) is 1. The van der Waals surface area contributed by atoms with Crippen molar-refractivity contribution in [2.45, 2.75) is 0 Å². The zero-order valence-corrected chi connectivity index (χ0v) is 15.2. The van der Waals surface area contributed by atoms with E-state index in [1.807, 2.05) is 30.3 Å². The fraction of sp³-hybridized carbons (Fsp3) is 0. The highest BCUT2D eigenvalue weighted by atomic mass is 32.2. The SMILES string of the molecule is O=C1NC(=Nc2ccccc2)/C(=C/c2ccc(-c3cccc([N+](=O)[O-])c3)o2)S1. The van der Waals surface area contributed by atoms with Crippen LogP contribution in [-0.4, -0.2) is 16.0 Å². The van der Waals surface area contributed by atoms with Crippen LogP contribution in [0.5, 0.6) is 0 Å². The van der Waals surface area contributed by atoms with Crippen molar-refractivity contribution in [1.82, 2.24) is 5.32 Å². The number of thioether (sulfide) groups is 1. The van der Waals surface area contributed by atoms with Crippen LogP contribution in [0.15, 0.2) is 81.0 Å². The van der Waals surface area contributed by atoms with Crippen molar-refractivity contribution in [3.8, 4) is 11.3 Å². The number of carbonyl (C=O) groups excluding carboxylic acids is 1. The number of nitro groups is 1. The highest BCUT2D eigenvalue weighted by Gasteiger charge is 2.24. The Morgan fingerprint density at radius 1 is 1.07 bits per heavy atom. The minimum absolute atomic E-state index is 0.00719. The summed E-state index contributed by atoms with van der Waals surface area (Å²) in [6.07, 6.45) is 1.71. The van der Waals surface area contributed by atoms with Crippen LogP contribution in [-0.2, 0) is 0 Å². The smallest absolute Gasteiger partial charge is 0.289 e. The third-order valence-electron chi connectivity index (χ3n) is 3.90. The van der Waals surface area contributed by atoms with Gasteiger partial charge >= 0.3 is 0 Å². The molecule has 1 aromatic heterocycles. The second-order valence-electron chi connectivity index (χ2n) is 5.83. The lowest BCUT2D eigenvalue weighted by Gasteiger charge is -1.99. The standard InChI is InChI=1S/C20H13N3O4S/c24-20-22-19(21-14-6-2-1-3-7-14)18(28-20)12-16-9-10-17(27-16)13-5-4-8-15(11-13)23(25)26/h1-12H,(H,21,22,24)/b18-12-. The summed E-state index contributed by atoms with van der Waals surface area (Å²) in [5, 5.41) is 13.5. The summed E-state index contributed by atoms with van der Waals surface area (Å²) in [6.45, 7) is 0. The lowest BCUT2D eigenvalue weighted by Crippen LogP contribution is -2.18. The van der Waals surface area contributed by atoms with Gasteiger partial charge < -0.3 is 9.73 Å². The number of rotatable bonds is 4. The van der Waals surface area contributed by atoms with Gasteiger partial charge in [-0.1, -0.05) is 30.3 Å². The number of hydrogen-bond donors (Lipinski definition) is 1. The fourth-order valence-corrected chi connectivity index (χ4v) is 3.35. The summed E-state index contributed by atoms with van der Waals surface area (Å²) in [7, 11) is 0. The highest BCUT2D eigenvalue weighted by molar-refractivity contribution is 8.18. The summed E-state index contributed by atoms with van der Waals surface area (Å²) in [5.74, 6) is 1.47. The normalized spacial score (nSPS) is 16.5. The summed E-state index contributed by atoms with van der Waals surface area (Å²) < 4.78 is 5.79. The summed E-state index contributed by atoms with van der Waals surface area (Å²) in [5.41, 5.74) is 1.32. The predicted molar refractivity (Wildman–Crippen MR) is 108 cm³/mol. The molecule has 0 saturated carbocycles. The maximum absolute atomic E-state index is 11.8. The number of nitrogens with zero attached hydrogens (tertiary/aromatic N) is 2. The first-order chi connectivity index (χ1) is 13.6. The van der Waals surface area contributed by atoms with Gasteiger partial charge in [-0.05, 0) is 42.1 Å². The van der Waals surface area contributed by atoms with E-state index >= 15 is 0 Å². The molecule has 4 rings (SSSR count). The molecule has 1 amide bonds. The Morgan fingerprint density at radius 3 is 2.68 bits per heavy atom. The van der Waals surface area contributed by atoms with Crippen molar-refractivity contribution >= 4 is 40.3 Å². The average molecular weight is 391 g/mol. The maximum Gasteiger partial charge on any atom is 0.289 e. The quantitative estimate of drug-likeness (QED) is 0.475. The zero-order valence-electron chi connectivity index (χ0n) is 14.4. The van der Waals surface area contributed by atoms with E-state index in [4.69, 9.17) is 4.42 Å². The first kappa shape index (κ1) is 17.7. The van der Waals surface area contributed by atoms with Crippen molar-refractivity contribution in [2.75, 3.05) is 0 Å². The Kier molecular flexibility index (Phi) is 4.77. The van der Waals surface area contributed by atoms with E-state index in [1.165, 1.54) is 12.1 Å². The number of non-ortho nitro benzene ring substituents is 1. The van der Waals surface area contributed by atoms with Gasteiger partial charge in [0.05, 0.1) is 15.5 Å². The molecule has 2 aromatic carbocycles. The molecule has 138 valence electrons. The van der Waals surface area contributed by atoms with E-state index in [1.54, 1.807) is 30.3 Å². The number of para-hydroxylation sites is 1. The average Bonchev–Trinajstić information content (AvgIpc) is 3.29. The molecule has 2 heterocycles. The van der Waals surface area contributed by atoms with E-state index < -0.39 is 4.92 Å². The molecule has 0 unspecified atom stereocenters. The van der Waals surface area contributed by atoms with Gasteiger partial charge in [-0.25, -0.2) is 4.99 Å². The summed E-state index contributed by atoms with van der Waals surface area (Å²) in [4.78, 5) is 27.4. The van der Waals surface area contributed by atoms with E-state index in [2.05, 4.69) is 10.3 Å². The van der Waals surface area contributed by atoms with Gasteiger partial charge in [-0.15, -0.1) is 0 Å². The molecule has 1 fully saturated rings. The van der Waals surface area contributed by atoms with E-state index in [9.17, 15) is 14.9 Å². The third kappa shape index (κ3) is 3.86. The number of aliphatic imine (C=N–C) groups is 1. The fourth-order valence-electron chi connectivity index (χ4n) is 2.63. The van der Waals surface area contributed by atoms with Gasteiger partial charge in [0.1, 0.15) is 17.4 Å². The van der Waals surface area contributed by atoms with Crippen LogP contribution in [0.3, 0.4) is 0 Å². The molecule has 3 aromatic rings. The number of benzene rings is 2. The number of furan rings is 1. The number of amidine groups is 1. The van der Waals surface area contributed by atoms with Crippen molar-refractivity contribution < 1.29 is 14.1 Å². The number of nitro benzene ring substituents is 1. The zero-order chi connectivity index (χ0) is 19.5. The van der Waals surface area contributed by atoms with Crippen LogP contribution >= 0.6 is 11.8 Å². The number of carbonyl (C=O) groups is 1. The monoisotopic (exact) mass is 391 g/mol. The Bertz CT molecular complexity index is 1120. The van der Waals surface area contributed by atoms with Gasteiger partial charge in [0.2, 0.25) is 0 Å². The predicted octanol–water partition coefficient (Wildman–Crippen LogP) is 5.38. The number of hydrogen-bond acceptors (Lipinski definition) is 6. The Morgan fingerprint density at radius 2 is 1.89 bits per heavy atom. The van der Waals surface area contributed by atoms with Gasteiger partial charge in [-0.2, -0.15) is 0 Å². The molecule has 1 aliphatic rings. The lowest BCUT2D eigenvalue weighted by molar-refractivity contribution is -0.384. The topological polar surface area (TPSA) is 97.7 Å². The molecule has 1 saturated heterocycles. The first-order valence-electron chi connectivity index (χ1n) is 8.28. The summed E-state index contributed by atoms with van der Waals surface area (Å²) >= 11 is 1.03. The lowest BCUT2D eigenvalue weighted by atomic mass is 10.1. The Balaban J connectivity index is 1.64. The molecule has 0 aliphatic carbocycles. The van der Waals surface area contributed by atoms with E-state index in [0.29, 0.717) is 27.8 Å². The van der Waals surface area contributed by atoms with Crippen LogP contribution in [0, 0.1) is 10.1 Å². The molecule has 8 heteroatoms. The van der Waals surface area contributed by atoms with Crippen LogP contribution in [0.2, 0.25) is 0 Å². The van der Waals surface area contributed by atoms with Gasteiger partial charge in [0.25, 0.3) is 10.9 Å². The molecular weight excluding hydrogens is 378 g/mol. The molecule has 1 N–H and O–H groups in total. The number of amides is 1. The third-order valence-corrected chi connectivity index (χ3v) is 4.71.